The number of nitrogen functional groups attached to an aromatic ring is 1. The zero-order chi connectivity index (χ0) is 62.1. The van der Waals surface area contributed by atoms with E-state index in [0.29, 0.717) is 41.3 Å². The van der Waals surface area contributed by atoms with Crippen molar-refractivity contribution < 1.29 is 59.0 Å². The third kappa shape index (κ3) is 18.9. The van der Waals surface area contributed by atoms with Gasteiger partial charge < -0.3 is 51.4 Å². The molecule has 0 aliphatic heterocycles. The highest BCUT2D eigenvalue weighted by Crippen LogP contribution is 2.26. The maximum absolute atomic E-state index is 12.5. The molecule has 1 amide bonds. The number of nitrogens with one attached hydrogen (secondary N) is 3. The summed E-state index contributed by atoms with van der Waals surface area (Å²) in [6, 6.07) is 45.6. The second-order valence-corrected chi connectivity index (χ2v) is 19.1. The Kier molecular flexibility index (Phi) is 24.0. The number of halogens is 1. The van der Waals surface area contributed by atoms with Crippen molar-refractivity contribution in [2.24, 2.45) is 0 Å². The number of hydrogen-bond donors (Lipinski definition) is 9. The molecule has 3 aromatic heterocycles. The number of ether oxygens (including phenoxy) is 2. The van der Waals surface area contributed by atoms with Crippen LogP contribution in [-0.2, 0) is 9.47 Å². The first-order chi connectivity index (χ1) is 41.4. The first-order valence-electron chi connectivity index (χ1n) is 26.5. The Bertz CT molecular complexity index is 4030. The topological polar surface area (TPSA) is 319 Å². The van der Waals surface area contributed by atoms with E-state index in [0.717, 1.165) is 54.7 Å². The molecule has 0 atom stereocenters. The molecular weight excluding hydrogens is 1170 g/mol. The van der Waals surface area contributed by atoms with E-state index >= 15 is 0 Å². The van der Waals surface area contributed by atoms with Crippen molar-refractivity contribution in [1.29, 1.82) is 0 Å². The molecule has 11 rings (SSSR count). The highest BCUT2D eigenvalue weighted by atomic mass is 79.9. The fourth-order valence-electron chi connectivity index (χ4n) is 7.78. The number of phenols is 3. The summed E-state index contributed by atoms with van der Waals surface area (Å²) in [5.41, 5.74) is 9.09. The van der Waals surface area contributed by atoms with E-state index in [-0.39, 0.29) is 40.3 Å². The van der Waals surface area contributed by atoms with E-state index in [1.54, 1.807) is 110 Å². The van der Waals surface area contributed by atoms with Crippen molar-refractivity contribution in [3.8, 4) is 28.6 Å². The molecule has 8 aromatic carbocycles. The number of aromatic hydroxyl groups is 3. The molecular formula is C64H62BrN9O12. The first kappa shape index (κ1) is 64.3. The maximum Gasteiger partial charge on any atom is 0.341 e. The van der Waals surface area contributed by atoms with E-state index in [2.05, 4.69) is 58.6 Å². The third-order valence-electron chi connectivity index (χ3n) is 12.0. The number of amides is 1. The van der Waals surface area contributed by atoms with Gasteiger partial charge in [-0.1, -0.05) is 83.5 Å². The summed E-state index contributed by atoms with van der Waals surface area (Å²) >= 11 is 3.39. The average Bonchev–Trinajstić information content (AvgIpc) is 3.45. The largest absolute Gasteiger partial charge is 0.508 e. The van der Waals surface area contributed by atoms with E-state index in [1.165, 1.54) is 54.2 Å². The lowest BCUT2D eigenvalue weighted by Gasteiger charge is -2.07. The number of hydrogen-bond acceptors (Lipinski definition) is 15. The van der Waals surface area contributed by atoms with Crippen molar-refractivity contribution in [2.45, 2.75) is 27.2 Å². The fraction of sp³-hybridized carbons (Fsp3) is 0.125. The molecule has 0 unspecified atom stereocenters. The summed E-state index contributed by atoms with van der Waals surface area (Å²) in [7, 11) is 1.96. The number of phenolic OH excluding ortho intramolecular Hbond substituents is 3. The number of para-hydroxylation sites is 2. The molecule has 0 bridgehead atoms. The minimum Gasteiger partial charge on any atom is -0.508 e. The molecule has 3 heterocycles. The van der Waals surface area contributed by atoms with Crippen LogP contribution in [0.15, 0.2) is 199 Å². The molecule has 0 spiro atoms. The number of benzene rings is 8. The fourth-order valence-corrected chi connectivity index (χ4v) is 8.16. The number of anilines is 2. The molecule has 0 fully saturated rings. The summed E-state index contributed by atoms with van der Waals surface area (Å²) in [5.74, 6) is -2.56. The van der Waals surface area contributed by atoms with Gasteiger partial charge in [0.15, 0.2) is 0 Å². The van der Waals surface area contributed by atoms with Crippen LogP contribution in [0.4, 0.5) is 11.4 Å². The van der Waals surface area contributed by atoms with Crippen LogP contribution in [0.5, 0.6) is 17.2 Å². The number of esters is 2. The van der Waals surface area contributed by atoms with Crippen molar-refractivity contribution in [2.75, 3.05) is 37.9 Å². The quantitative estimate of drug-likeness (QED) is 0.0405. The summed E-state index contributed by atoms with van der Waals surface area (Å²) in [4.78, 5) is 56.6. The van der Waals surface area contributed by atoms with Crippen LogP contribution >= 0.6 is 15.9 Å². The number of aromatic amines is 1. The van der Waals surface area contributed by atoms with Gasteiger partial charge in [0, 0.05) is 28.8 Å². The number of carbonyl (C=O) groups excluding carboxylic acids is 3. The van der Waals surface area contributed by atoms with E-state index in [4.69, 9.17) is 15.6 Å². The normalized spacial score (nSPS) is 10.2. The minimum atomic E-state index is -1.12. The molecule has 0 aliphatic carbocycles. The monoisotopic (exact) mass is 1230 g/mol. The molecule has 0 saturated heterocycles. The zero-order valence-corrected chi connectivity index (χ0v) is 48.7. The Hall–Kier alpha value is -10.8. The van der Waals surface area contributed by atoms with Crippen LogP contribution < -0.4 is 16.4 Å². The van der Waals surface area contributed by atoms with Crippen molar-refractivity contribution >= 4 is 89.4 Å². The predicted octanol–water partition coefficient (Wildman–Crippen LogP) is 12.1. The minimum absolute atomic E-state index is 0.0148. The smallest absolute Gasteiger partial charge is 0.341 e. The number of fused-ring (bicyclic) bond motifs is 3. The molecule has 11 aromatic rings. The van der Waals surface area contributed by atoms with Crippen molar-refractivity contribution in [3.63, 3.8) is 0 Å². The number of H-pyrrole nitrogens is 1. The lowest BCUT2D eigenvalue weighted by atomic mass is 10.1. The van der Waals surface area contributed by atoms with Crippen LogP contribution in [-0.4, -0.2) is 112 Å². The molecule has 21 nitrogen and oxygen atoms in total. The Morgan fingerprint density at radius 2 is 1.03 bits per heavy atom. The SMILES string of the molecule is CCCNC.CCOC(=O)c1ccccc1N.CCOC(=O)c1cn[nH]c1.O=C(Nc1ccccc1C(=O)O)c1cnn(-c2ccc3cc(O)ccc3c2)c1.O=C(O)c1cnn(-c2ccc3cc(O)ccc3c2)c1.Oc1ccc2cc(Br)ccc2c1. The second kappa shape index (κ2) is 32.1. The number of carbonyl (C=O) groups is 5. The number of rotatable bonds is 12. The highest BCUT2D eigenvalue weighted by molar-refractivity contribution is 9.10. The first-order valence-corrected chi connectivity index (χ1v) is 27.3. The van der Waals surface area contributed by atoms with Gasteiger partial charge >= 0.3 is 23.9 Å². The van der Waals surface area contributed by atoms with Crippen LogP contribution in [0.25, 0.3) is 43.7 Å². The molecule has 86 heavy (non-hydrogen) atoms. The van der Waals surface area contributed by atoms with Crippen molar-refractivity contribution in [3.05, 3.63) is 227 Å². The van der Waals surface area contributed by atoms with Crippen LogP contribution in [0.1, 0.15) is 79.0 Å². The van der Waals surface area contributed by atoms with Crippen LogP contribution in [0, 0.1) is 0 Å². The average molecular weight is 1230 g/mol. The van der Waals surface area contributed by atoms with Gasteiger partial charge in [-0.3, -0.25) is 9.89 Å². The Balaban J connectivity index is 0.000000178. The lowest BCUT2D eigenvalue weighted by Crippen LogP contribution is -2.14. The van der Waals surface area contributed by atoms with E-state index < -0.39 is 17.8 Å². The predicted molar refractivity (Wildman–Crippen MR) is 333 cm³/mol. The summed E-state index contributed by atoms with van der Waals surface area (Å²) in [6.45, 7) is 7.57. The molecule has 442 valence electrons. The van der Waals surface area contributed by atoms with Gasteiger partial charge in [0.25, 0.3) is 5.91 Å². The maximum atomic E-state index is 12.5. The Morgan fingerprint density at radius 3 is 1.51 bits per heavy atom. The number of nitrogens with two attached hydrogens (primary N) is 1. The Labute approximate surface area is 502 Å². The van der Waals surface area contributed by atoms with Crippen LogP contribution in [0.3, 0.4) is 0 Å². The van der Waals surface area contributed by atoms with Gasteiger partial charge in [0.2, 0.25) is 0 Å². The standard InChI is InChI=1S/C21H15N3O4.C14H10N2O3.C10H7BrO.C9H11NO2.C6H8N2O2.C4H11N/c25-17-8-6-13-9-16(7-5-14(13)10-17)24-12-15(11-22-24)20(26)23-19-4-2-1-3-18(19)21(27)28;17-13-4-2-9-5-12(3-1-10(9)6-13)16-8-11(7-15-16)14(18)19;11-9-3-1-8-6-10(12)4-2-7(8)5-9;1-2-12-9(11)7-5-3-4-6-8(7)10;1-2-10-6(9)5-3-7-8-4-5;1-3-4-5-2/h1-12,25H,(H,23,26)(H,27,28);1-8,17H,(H,18,19);1-6,12H;3-6H,2,10H2,1H3;3-4H,2H2,1H3,(H,7,8);5H,3-4H2,1-2H3. The number of carboxylic acid groups (broad SMARTS) is 2. The molecule has 0 radical (unpaired) electrons. The number of aromatic nitrogens is 6. The summed E-state index contributed by atoms with van der Waals surface area (Å²) in [5, 5.41) is 72.1. The number of nitrogens with zero attached hydrogens (tertiary/aromatic N) is 5. The highest BCUT2D eigenvalue weighted by Gasteiger charge is 2.16. The van der Waals surface area contributed by atoms with Gasteiger partial charge in [0.1, 0.15) is 17.2 Å². The van der Waals surface area contributed by atoms with Gasteiger partial charge in [-0.25, -0.2) is 28.5 Å². The lowest BCUT2D eigenvalue weighted by molar-refractivity contribution is 0.0517. The molecule has 10 N–H and O–H groups in total. The zero-order valence-electron chi connectivity index (χ0n) is 47.1. The number of carboxylic acids is 2. The summed E-state index contributed by atoms with van der Waals surface area (Å²) < 4.78 is 13.6. The van der Waals surface area contributed by atoms with Crippen molar-refractivity contribution in [1.82, 2.24) is 35.1 Å². The Morgan fingerprint density at radius 1 is 0.558 bits per heavy atom. The third-order valence-corrected chi connectivity index (χ3v) is 12.5. The van der Waals surface area contributed by atoms with Gasteiger partial charge in [-0.15, -0.1) is 0 Å². The van der Waals surface area contributed by atoms with Crippen LogP contribution in [0.2, 0.25) is 0 Å². The molecule has 22 heteroatoms. The van der Waals surface area contributed by atoms with Gasteiger partial charge in [0.05, 0.1) is 76.7 Å². The number of aromatic carboxylic acids is 2. The molecule has 0 saturated carbocycles. The summed E-state index contributed by atoms with van der Waals surface area (Å²) in [6.07, 6.45) is 9.92. The van der Waals surface area contributed by atoms with Gasteiger partial charge in [-0.2, -0.15) is 15.3 Å². The second-order valence-electron chi connectivity index (χ2n) is 18.2. The van der Waals surface area contributed by atoms with Gasteiger partial charge in [-0.05, 0) is 163 Å². The van der Waals surface area contributed by atoms with E-state index in [1.807, 2.05) is 67.7 Å². The molecule has 0 aliphatic rings. The van der Waals surface area contributed by atoms with E-state index in [9.17, 15) is 44.4 Å².